The van der Waals surface area contributed by atoms with Gasteiger partial charge in [0.25, 0.3) is 0 Å². The minimum atomic E-state index is -0.201. The van der Waals surface area contributed by atoms with Gasteiger partial charge >= 0.3 is 0 Å². The summed E-state index contributed by atoms with van der Waals surface area (Å²) < 4.78 is 22.3. The van der Waals surface area contributed by atoms with Crippen LogP contribution in [0.1, 0.15) is 0 Å². The van der Waals surface area contributed by atoms with E-state index in [0.29, 0.717) is 28.7 Å². The van der Waals surface area contributed by atoms with Gasteiger partial charge in [0.05, 0.1) is 39.7 Å². The number of nitrogens with zero attached hydrogens (tertiary/aromatic N) is 2. The molecule has 154 valence electrons. The van der Waals surface area contributed by atoms with Crippen molar-refractivity contribution in [2.45, 2.75) is 0 Å². The van der Waals surface area contributed by atoms with E-state index in [4.69, 9.17) is 18.9 Å². The lowest BCUT2D eigenvalue weighted by molar-refractivity contribution is -0.114. The Balaban J connectivity index is 1.75. The molecule has 0 unspecified atom stereocenters. The number of carbonyl (C=O) groups is 1. The van der Waals surface area contributed by atoms with Crippen LogP contribution in [0.3, 0.4) is 0 Å². The quantitative estimate of drug-likeness (QED) is 0.601. The van der Waals surface area contributed by atoms with E-state index in [9.17, 15) is 4.79 Å². The van der Waals surface area contributed by atoms with Crippen LogP contribution in [0.25, 0.3) is 10.2 Å². The third-order valence-corrected chi connectivity index (χ3v) is 5.38. The lowest BCUT2D eigenvalue weighted by Gasteiger charge is -2.17. The molecule has 3 aromatic rings. The highest BCUT2D eigenvalue weighted by molar-refractivity contribution is 7.22. The third kappa shape index (κ3) is 4.29. The van der Waals surface area contributed by atoms with E-state index < -0.39 is 0 Å². The largest absolute Gasteiger partial charge is 0.494 e. The first kappa shape index (κ1) is 20.5. The predicted octanol–water partition coefficient (Wildman–Crippen LogP) is 3.41. The summed E-state index contributed by atoms with van der Waals surface area (Å²) >= 11 is 1.50. The minimum absolute atomic E-state index is 0.124. The van der Waals surface area contributed by atoms with Crippen molar-refractivity contribution in [3.8, 4) is 23.0 Å². The number of nitrogens with one attached hydrogen (secondary N) is 1. The van der Waals surface area contributed by atoms with E-state index in [1.165, 1.54) is 32.7 Å². The molecule has 0 radical (unpaired) electrons. The van der Waals surface area contributed by atoms with Crippen LogP contribution in [0.5, 0.6) is 23.0 Å². The predicted molar refractivity (Wildman–Crippen MR) is 114 cm³/mol. The van der Waals surface area contributed by atoms with E-state index in [0.717, 1.165) is 15.3 Å². The minimum Gasteiger partial charge on any atom is -0.494 e. The van der Waals surface area contributed by atoms with Crippen molar-refractivity contribution in [1.82, 2.24) is 4.98 Å². The first-order valence-electron chi connectivity index (χ1n) is 8.75. The first-order valence-corrected chi connectivity index (χ1v) is 9.56. The number of hydrogen-bond donors (Lipinski definition) is 1. The summed E-state index contributed by atoms with van der Waals surface area (Å²) in [4.78, 5) is 19.0. The van der Waals surface area contributed by atoms with Gasteiger partial charge in [-0.15, -0.1) is 0 Å². The number of rotatable bonds is 8. The molecule has 1 heterocycles. The Kier molecular flexibility index (Phi) is 6.28. The van der Waals surface area contributed by atoms with E-state index in [2.05, 4.69) is 10.3 Å². The SMILES string of the molecule is COc1cc(NC(=O)CN(C)c2nc3c(OC)cccc3s2)cc(OC)c1OC. The number of carbonyl (C=O) groups excluding carboxylic acids is 1. The maximum Gasteiger partial charge on any atom is 0.243 e. The van der Waals surface area contributed by atoms with E-state index in [1.807, 2.05) is 25.2 Å². The van der Waals surface area contributed by atoms with E-state index >= 15 is 0 Å². The van der Waals surface area contributed by atoms with Crippen LogP contribution in [0.15, 0.2) is 30.3 Å². The highest BCUT2D eigenvalue weighted by atomic mass is 32.1. The van der Waals surface area contributed by atoms with Gasteiger partial charge in [-0.25, -0.2) is 4.98 Å². The smallest absolute Gasteiger partial charge is 0.243 e. The maximum absolute atomic E-state index is 12.6. The summed E-state index contributed by atoms with van der Waals surface area (Å²) in [5, 5.41) is 3.58. The van der Waals surface area contributed by atoms with Gasteiger partial charge in [-0.3, -0.25) is 4.79 Å². The van der Waals surface area contributed by atoms with Gasteiger partial charge in [0.2, 0.25) is 11.7 Å². The Labute approximate surface area is 173 Å². The van der Waals surface area contributed by atoms with Crippen molar-refractivity contribution in [1.29, 1.82) is 0 Å². The molecule has 29 heavy (non-hydrogen) atoms. The van der Waals surface area contributed by atoms with Crippen molar-refractivity contribution >= 4 is 38.3 Å². The number of fused-ring (bicyclic) bond motifs is 1. The van der Waals surface area contributed by atoms with Crippen LogP contribution >= 0.6 is 11.3 Å². The van der Waals surface area contributed by atoms with Crippen LogP contribution in [-0.4, -0.2) is 52.9 Å². The van der Waals surface area contributed by atoms with Crippen molar-refractivity contribution in [3.05, 3.63) is 30.3 Å². The summed E-state index contributed by atoms with van der Waals surface area (Å²) in [6.07, 6.45) is 0. The highest BCUT2D eigenvalue weighted by Crippen LogP contribution is 2.40. The molecule has 0 atom stereocenters. The number of aromatic nitrogens is 1. The molecule has 0 aliphatic heterocycles. The van der Waals surface area contributed by atoms with Crippen LogP contribution < -0.4 is 29.2 Å². The molecule has 0 fully saturated rings. The fourth-order valence-electron chi connectivity index (χ4n) is 2.88. The lowest BCUT2D eigenvalue weighted by atomic mass is 10.2. The molecule has 0 saturated carbocycles. The van der Waals surface area contributed by atoms with Crippen LogP contribution in [0.4, 0.5) is 10.8 Å². The van der Waals surface area contributed by atoms with E-state index in [-0.39, 0.29) is 12.5 Å². The van der Waals surface area contributed by atoms with Crippen molar-refractivity contribution < 1.29 is 23.7 Å². The third-order valence-electron chi connectivity index (χ3n) is 4.25. The van der Waals surface area contributed by atoms with Crippen molar-refractivity contribution in [2.75, 3.05) is 52.2 Å². The maximum atomic E-state index is 12.6. The number of methoxy groups -OCH3 is 4. The summed E-state index contributed by atoms with van der Waals surface area (Å²) in [5.41, 5.74) is 1.33. The van der Waals surface area contributed by atoms with Crippen LogP contribution in [0.2, 0.25) is 0 Å². The Morgan fingerprint density at radius 1 is 1.03 bits per heavy atom. The average Bonchev–Trinajstić information content (AvgIpc) is 3.17. The number of ether oxygens (including phenoxy) is 4. The summed E-state index contributed by atoms with van der Waals surface area (Å²) in [6, 6.07) is 9.12. The molecule has 1 N–H and O–H groups in total. The Bertz CT molecular complexity index is 996. The van der Waals surface area contributed by atoms with Gasteiger partial charge in [-0.1, -0.05) is 17.4 Å². The molecule has 0 spiro atoms. The molecule has 3 rings (SSSR count). The van der Waals surface area contributed by atoms with Gasteiger partial charge in [-0.2, -0.15) is 0 Å². The first-order chi connectivity index (χ1) is 14.0. The molecular weight excluding hydrogens is 394 g/mol. The molecule has 0 aliphatic carbocycles. The second kappa shape index (κ2) is 8.87. The number of para-hydroxylation sites is 1. The van der Waals surface area contributed by atoms with Crippen molar-refractivity contribution in [3.63, 3.8) is 0 Å². The number of anilines is 2. The molecule has 0 saturated heterocycles. The Morgan fingerprint density at radius 3 is 2.28 bits per heavy atom. The zero-order chi connectivity index (χ0) is 21.0. The normalized spacial score (nSPS) is 10.5. The number of likely N-dealkylation sites (N-methyl/N-ethyl adjacent to an activating group) is 1. The highest BCUT2D eigenvalue weighted by Gasteiger charge is 2.17. The fraction of sp³-hybridized carbons (Fsp3) is 0.300. The van der Waals surface area contributed by atoms with Gasteiger partial charge < -0.3 is 29.2 Å². The summed E-state index contributed by atoms with van der Waals surface area (Å²) in [6.45, 7) is 0.124. The topological polar surface area (TPSA) is 82.2 Å². The monoisotopic (exact) mass is 417 g/mol. The molecular formula is C20H23N3O5S. The van der Waals surface area contributed by atoms with Gasteiger partial charge in [0.1, 0.15) is 11.3 Å². The molecule has 9 heteroatoms. The fourth-order valence-corrected chi connectivity index (χ4v) is 3.82. The Hall–Kier alpha value is -3.20. The van der Waals surface area contributed by atoms with E-state index in [1.54, 1.807) is 24.1 Å². The number of amides is 1. The van der Waals surface area contributed by atoms with Crippen LogP contribution in [0, 0.1) is 0 Å². The van der Waals surface area contributed by atoms with Gasteiger partial charge in [0.15, 0.2) is 16.6 Å². The zero-order valence-corrected chi connectivity index (χ0v) is 17.8. The number of hydrogen-bond acceptors (Lipinski definition) is 8. The zero-order valence-electron chi connectivity index (χ0n) is 16.9. The molecule has 2 aromatic carbocycles. The van der Waals surface area contributed by atoms with Gasteiger partial charge in [0, 0.05) is 24.9 Å². The lowest BCUT2D eigenvalue weighted by Crippen LogP contribution is -2.30. The van der Waals surface area contributed by atoms with Crippen LogP contribution in [-0.2, 0) is 4.79 Å². The standard InChI is InChI=1S/C20H23N3O5S/c1-23(20-22-18-13(25-2)7-6-8-16(18)29-20)11-17(24)21-12-9-14(26-3)19(28-5)15(10-12)27-4/h6-10H,11H2,1-5H3,(H,21,24). The molecule has 0 aliphatic rings. The second-order valence-electron chi connectivity index (χ2n) is 6.12. The molecule has 1 aromatic heterocycles. The molecule has 8 nitrogen and oxygen atoms in total. The van der Waals surface area contributed by atoms with Crippen molar-refractivity contribution in [2.24, 2.45) is 0 Å². The number of thiazole rings is 1. The van der Waals surface area contributed by atoms with Gasteiger partial charge in [-0.05, 0) is 12.1 Å². The summed E-state index contributed by atoms with van der Waals surface area (Å²) in [5.74, 6) is 1.91. The molecule has 1 amide bonds. The second-order valence-corrected chi connectivity index (χ2v) is 7.13. The Morgan fingerprint density at radius 2 is 1.69 bits per heavy atom. The molecule has 0 bridgehead atoms. The number of benzene rings is 2. The average molecular weight is 417 g/mol. The summed E-state index contributed by atoms with van der Waals surface area (Å²) in [7, 11) is 8.01.